The summed E-state index contributed by atoms with van der Waals surface area (Å²) in [6.45, 7) is 0.917. The zero-order valence-corrected chi connectivity index (χ0v) is 16.9. The topological polar surface area (TPSA) is 67.9 Å². The van der Waals surface area contributed by atoms with Gasteiger partial charge in [0.25, 0.3) is 11.8 Å². The van der Waals surface area contributed by atoms with Gasteiger partial charge in [0.1, 0.15) is 0 Å². The largest absolute Gasteiger partial charge is 0.478 e. The van der Waals surface area contributed by atoms with Gasteiger partial charge in [-0.05, 0) is 41.5 Å². The van der Waals surface area contributed by atoms with Crippen LogP contribution in [0.3, 0.4) is 0 Å². The molecule has 29 heavy (non-hydrogen) atoms. The Labute approximate surface area is 172 Å². The number of nitrogens with zero attached hydrogens (tertiary/aromatic N) is 1. The fraction of sp³-hybridized carbons (Fsp3) is 0.182. The van der Waals surface area contributed by atoms with Crippen LogP contribution in [0, 0.1) is 0 Å². The number of para-hydroxylation sites is 1. The summed E-state index contributed by atoms with van der Waals surface area (Å²) in [5.74, 6) is 0.888. The van der Waals surface area contributed by atoms with Crippen molar-refractivity contribution < 1.29 is 20.3 Å². The van der Waals surface area contributed by atoms with Crippen molar-refractivity contribution in [2.45, 2.75) is 6.42 Å². The quantitative estimate of drug-likeness (QED) is 0.494. The predicted octanol–water partition coefficient (Wildman–Crippen LogP) is 3.80. The van der Waals surface area contributed by atoms with Gasteiger partial charge in [-0.3, -0.25) is 9.59 Å². The first-order chi connectivity index (χ1) is 14.2. The lowest BCUT2D eigenvalue weighted by Gasteiger charge is -2.30. The van der Waals surface area contributed by atoms with Crippen molar-refractivity contribution in [3.8, 4) is 11.5 Å². The number of hydrogen-bond donors (Lipinski definition) is 1. The Hall–Kier alpha value is -3.11. The molecule has 1 heterocycles. The molecule has 0 spiro atoms. The molecule has 0 aromatic heterocycles. The highest BCUT2D eigenvalue weighted by Gasteiger charge is 2.27. The second kappa shape index (κ2) is 8.50. The van der Waals surface area contributed by atoms with Crippen LogP contribution < -0.4 is 19.5 Å². The summed E-state index contributed by atoms with van der Waals surface area (Å²) in [4.78, 5) is 26.4. The van der Waals surface area contributed by atoms with Gasteiger partial charge in [-0.1, -0.05) is 36.4 Å². The molecule has 1 N–H and O–H groups in total. The molecule has 0 bridgehead atoms. The first-order valence-corrected chi connectivity index (χ1v) is 9.84. The Morgan fingerprint density at radius 2 is 1.97 bits per heavy atom. The summed E-state index contributed by atoms with van der Waals surface area (Å²) in [5, 5.41) is 5.06. The van der Waals surface area contributed by atoms with Crippen LogP contribution in [-0.4, -0.2) is 31.5 Å². The molecule has 150 valence electrons. The molecule has 0 saturated heterocycles. The lowest BCUT2D eigenvalue weighted by Crippen LogP contribution is -2.40. The predicted molar refractivity (Wildman–Crippen MR) is 118 cm³/mol. The number of amides is 2. The van der Waals surface area contributed by atoms with Crippen LogP contribution >= 0.6 is 9.47 Å². The van der Waals surface area contributed by atoms with Crippen molar-refractivity contribution in [1.29, 1.82) is 0 Å². The molecular weight excluding hydrogens is 387 g/mol. The van der Waals surface area contributed by atoms with Crippen LogP contribution in [-0.2, 0) is 4.79 Å². The molecule has 3 aromatic rings. The van der Waals surface area contributed by atoms with Gasteiger partial charge >= 0.3 is 0 Å². The average molecular weight is 412 g/mol. The van der Waals surface area contributed by atoms with Crippen LogP contribution in [0.2, 0.25) is 0 Å². The maximum Gasteiger partial charge on any atom is 0.265 e. The Morgan fingerprint density at radius 3 is 2.79 bits per heavy atom. The van der Waals surface area contributed by atoms with E-state index in [2.05, 4.69) is 14.8 Å². The van der Waals surface area contributed by atoms with E-state index in [0.717, 1.165) is 10.8 Å². The number of ether oxygens (including phenoxy) is 1. The third-order valence-electron chi connectivity index (χ3n) is 4.87. The number of benzene rings is 3. The standard InChI is InChI=1S/C22H21N2O4P.H2/c25-20-14-27-21-18(7-3-8-19(21)28-29)24(20)12-4-11-23-22(26)17-10-9-15-5-1-2-6-16(15)13-17;/h1-3,5-10,13H,4,11-12,14,29H2,(H,23,26);1H/i;1+2. The molecule has 0 fully saturated rings. The number of carbonyl (C=O) groups excluding carboxylic acids is 2. The van der Waals surface area contributed by atoms with E-state index in [4.69, 9.17) is 9.26 Å². The molecule has 0 radical (unpaired) electrons. The number of fused-ring (bicyclic) bond motifs is 2. The summed E-state index contributed by atoms with van der Waals surface area (Å²) in [6, 6.07) is 19.0. The van der Waals surface area contributed by atoms with Gasteiger partial charge in [-0.15, -0.1) is 0 Å². The van der Waals surface area contributed by atoms with Gasteiger partial charge in [0, 0.05) is 20.1 Å². The van der Waals surface area contributed by atoms with Crippen molar-refractivity contribution >= 4 is 37.7 Å². The second-order valence-corrected chi connectivity index (χ2v) is 6.96. The summed E-state index contributed by atoms with van der Waals surface area (Å²) in [5.41, 5.74) is 1.31. The van der Waals surface area contributed by atoms with Crippen LogP contribution in [0.25, 0.3) is 10.8 Å². The lowest BCUT2D eigenvalue weighted by molar-refractivity contribution is -0.121. The highest BCUT2D eigenvalue weighted by Crippen LogP contribution is 2.40. The van der Waals surface area contributed by atoms with Crippen molar-refractivity contribution in [2.75, 3.05) is 24.6 Å². The Kier molecular flexibility index (Phi) is 5.63. The van der Waals surface area contributed by atoms with E-state index >= 15 is 0 Å². The highest BCUT2D eigenvalue weighted by molar-refractivity contribution is 7.10. The Bertz CT molecular complexity index is 1080. The minimum Gasteiger partial charge on any atom is -0.478 e. The number of hydrogen-bond acceptors (Lipinski definition) is 4. The van der Waals surface area contributed by atoms with E-state index < -0.39 is 0 Å². The Balaban J connectivity index is 0.00000256. The van der Waals surface area contributed by atoms with Gasteiger partial charge in [0.2, 0.25) is 0 Å². The van der Waals surface area contributed by atoms with Gasteiger partial charge in [-0.2, -0.15) is 0 Å². The molecule has 1 atom stereocenters. The normalized spacial score (nSPS) is 13.0. The molecule has 2 amide bonds. The number of nitrogens with one attached hydrogen (secondary N) is 1. The minimum absolute atomic E-state index is 0. The van der Waals surface area contributed by atoms with Gasteiger partial charge < -0.3 is 19.5 Å². The first-order valence-electron chi connectivity index (χ1n) is 9.37. The zero-order chi connectivity index (χ0) is 20.2. The maximum absolute atomic E-state index is 12.5. The van der Waals surface area contributed by atoms with Crippen molar-refractivity contribution in [3.05, 3.63) is 66.2 Å². The lowest BCUT2D eigenvalue weighted by atomic mass is 10.1. The molecule has 4 rings (SSSR count). The van der Waals surface area contributed by atoms with Gasteiger partial charge in [0.05, 0.1) is 15.2 Å². The van der Waals surface area contributed by atoms with Crippen LogP contribution in [0.15, 0.2) is 60.7 Å². The van der Waals surface area contributed by atoms with Crippen molar-refractivity contribution in [2.24, 2.45) is 0 Å². The molecule has 1 unspecified atom stereocenters. The Morgan fingerprint density at radius 1 is 1.14 bits per heavy atom. The smallest absolute Gasteiger partial charge is 0.265 e. The molecule has 1 aliphatic rings. The monoisotopic (exact) mass is 412 g/mol. The molecule has 0 aliphatic carbocycles. The number of rotatable bonds is 6. The maximum atomic E-state index is 12.5. The summed E-state index contributed by atoms with van der Waals surface area (Å²) in [7, 11) is 2.19. The third-order valence-corrected chi connectivity index (χ3v) is 5.13. The summed E-state index contributed by atoms with van der Waals surface area (Å²) >= 11 is 0. The van der Waals surface area contributed by atoms with Gasteiger partial charge in [-0.25, -0.2) is 0 Å². The first kappa shape index (κ1) is 19.2. The van der Waals surface area contributed by atoms with Crippen LogP contribution in [0.1, 0.15) is 18.2 Å². The molecule has 3 aromatic carbocycles. The van der Waals surface area contributed by atoms with E-state index in [1.807, 2.05) is 54.6 Å². The SMILES string of the molecule is O=C(NCCCN1C(=O)COc2c(OP)cccc21)c1ccc2ccccc2c1.[3HH]. The van der Waals surface area contributed by atoms with Crippen LogP contribution in [0.5, 0.6) is 11.5 Å². The molecule has 7 heteroatoms. The fourth-order valence-electron chi connectivity index (χ4n) is 3.42. The number of carbonyl (C=O) groups is 2. The molecule has 0 saturated carbocycles. The summed E-state index contributed by atoms with van der Waals surface area (Å²) < 4.78 is 10.8. The summed E-state index contributed by atoms with van der Waals surface area (Å²) in [6.07, 6.45) is 0.621. The van der Waals surface area contributed by atoms with E-state index in [9.17, 15) is 9.59 Å². The molecular formula is C22H23N2O4P. The van der Waals surface area contributed by atoms with E-state index in [0.29, 0.717) is 42.3 Å². The van der Waals surface area contributed by atoms with E-state index in [1.54, 1.807) is 11.0 Å². The third kappa shape index (κ3) is 4.03. The average Bonchev–Trinajstić information content (AvgIpc) is 2.76. The molecule has 1 aliphatic heterocycles. The van der Waals surface area contributed by atoms with Gasteiger partial charge in [0.15, 0.2) is 18.1 Å². The second-order valence-electron chi connectivity index (χ2n) is 6.73. The fourth-order valence-corrected chi connectivity index (χ4v) is 3.60. The van der Waals surface area contributed by atoms with E-state index in [-0.39, 0.29) is 19.8 Å². The molecule has 6 nitrogen and oxygen atoms in total. The zero-order valence-electron chi connectivity index (χ0n) is 15.8. The van der Waals surface area contributed by atoms with Crippen molar-refractivity contribution in [1.82, 2.24) is 5.32 Å². The van der Waals surface area contributed by atoms with E-state index in [1.165, 1.54) is 0 Å². The minimum atomic E-state index is -0.122. The highest BCUT2D eigenvalue weighted by atomic mass is 31.0. The number of anilines is 1. The van der Waals surface area contributed by atoms with Crippen LogP contribution in [0.4, 0.5) is 5.69 Å². The van der Waals surface area contributed by atoms with Crippen molar-refractivity contribution in [3.63, 3.8) is 0 Å².